The topological polar surface area (TPSA) is 100 Å². The monoisotopic (exact) mass is 870 g/mol. The Hall–Kier alpha value is -5.68. The van der Waals surface area contributed by atoms with Crippen molar-refractivity contribution < 1.29 is 63.7 Å². The smallest absolute Gasteiger partial charge is 0.261 e. The van der Waals surface area contributed by atoms with E-state index in [1.807, 2.05) is 0 Å². The first-order valence-electron chi connectivity index (χ1n) is 16.3. The van der Waals surface area contributed by atoms with Gasteiger partial charge in [0.25, 0.3) is 11.8 Å². The van der Waals surface area contributed by atoms with E-state index in [1.54, 1.807) is 19.1 Å². The van der Waals surface area contributed by atoms with Crippen LogP contribution in [0.25, 0.3) is 0 Å². The van der Waals surface area contributed by atoms with Crippen LogP contribution >= 0.6 is 15.9 Å². The van der Waals surface area contributed by atoms with Crippen molar-refractivity contribution in [3.05, 3.63) is 153 Å². The van der Waals surface area contributed by atoms with E-state index in [-0.39, 0.29) is 52.6 Å². The molecule has 0 saturated heterocycles. The molecule has 0 aliphatic carbocycles. The van der Waals surface area contributed by atoms with Crippen LogP contribution in [-0.4, -0.2) is 45.2 Å². The molecule has 0 unspecified atom stereocenters. The van der Waals surface area contributed by atoms with Gasteiger partial charge < -0.3 is 24.7 Å². The molecule has 17 heteroatoms. The number of ether oxygens (including phenoxy) is 4. The minimum absolute atomic E-state index is 0.00718. The van der Waals surface area contributed by atoms with Crippen molar-refractivity contribution >= 4 is 27.7 Å². The second-order valence-electron chi connectivity index (χ2n) is 11.5. The highest BCUT2D eigenvalue weighted by Crippen LogP contribution is 2.30. The van der Waals surface area contributed by atoms with Crippen LogP contribution in [0.1, 0.15) is 43.0 Å². The molecule has 8 nitrogen and oxygen atoms in total. The summed E-state index contributed by atoms with van der Waals surface area (Å²) >= 11 is 3.08. The second-order valence-corrected chi connectivity index (χ2v) is 12.0. The normalized spacial score (nSPS) is 11.3. The predicted molar refractivity (Wildman–Crippen MR) is 198 cm³/mol. The molecule has 304 valence electrons. The van der Waals surface area contributed by atoms with Crippen LogP contribution in [-0.2, 0) is 18.4 Å². The van der Waals surface area contributed by atoms with Crippen molar-refractivity contribution in [1.82, 2.24) is 4.90 Å². The van der Waals surface area contributed by atoms with Crippen molar-refractivity contribution in [2.75, 3.05) is 28.4 Å². The fourth-order valence-corrected chi connectivity index (χ4v) is 5.47. The molecule has 0 radical (unpaired) electrons. The van der Waals surface area contributed by atoms with Crippen LogP contribution in [0.4, 0.5) is 35.1 Å². The van der Waals surface area contributed by atoms with E-state index in [4.69, 9.17) is 5.73 Å². The largest absolute Gasteiger partial charge is 0.491 e. The Kier molecular flexibility index (Phi) is 16.9. The number of carbonyl (C=O) groups excluding carboxylic acids is 2. The molecule has 5 aromatic rings. The summed E-state index contributed by atoms with van der Waals surface area (Å²) in [7, 11) is 4.83. The van der Waals surface area contributed by atoms with Crippen molar-refractivity contribution in [2.24, 2.45) is 5.73 Å². The maximum absolute atomic E-state index is 14.2. The second kappa shape index (κ2) is 21.0. The van der Waals surface area contributed by atoms with Gasteiger partial charge in [-0.05, 0) is 48.9 Å². The van der Waals surface area contributed by atoms with Gasteiger partial charge in [0.2, 0.25) is 0 Å². The Morgan fingerprint density at radius 2 is 0.877 bits per heavy atom. The molecular formula is C40H35BrF8N2O6. The van der Waals surface area contributed by atoms with Crippen molar-refractivity contribution in [3.8, 4) is 23.0 Å². The number of benzene rings is 5. The maximum Gasteiger partial charge on any atom is 0.261 e. The molecule has 5 aromatic carbocycles. The molecule has 0 atom stereocenters. The van der Waals surface area contributed by atoms with E-state index in [0.29, 0.717) is 16.5 Å². The summed E-state index contributed by atoms with van der Waals surface area (Å²) in [6, 6.07) is 16.1. The summed E-state index contributed by atoms with van der Waals surface area (Å²) in [6.07, 6.45) is 0. The van der Waals surface area contributed by atoms with Gasteiger partial charge >= 0.3 is 0 Å². The summed E-state index contributed by atoms with van der Waals surface area (Å²) in [6.45, 7) is 1.30. The number of rotatable bonds is 8. The van der Waals surface area contributed by atoms with Crippen molar-refractivity contribution in [3.63, 3.8) is 0 Å². The first-order chi connectivity index (χ1) is 27.1. The molecule has 1 aliphatic heterocycles. The number of amides is 2. The number of imide groups is 1. The molecule has 0 bridgehead atoms. The Labute approximate surface area is 330 Å². The molecule has 2 N–H and O–H groups in total. The van der Waals surface area contributed by atoms with Crippen LogP contribution in [0.15, 0.2) is 72.8 Å². The number of halogens is 9. The van der Waals surface area contributed by atoms with Gasteiger partial charge in [0.05, 0.1) is 46.1 Å². The average Bonchev–Trinajstić information content (AvgIpc) is 3.44. The van der Waals surface area contributed by atoms with Gasteiger partial charge in [0, 0.05) is 28.6 Å². The maximum atomic E-state index is 14.2. The summed E-state index contributed by atoms with van der Waals surface area (Å²) < 4.78 is 123. The summed E-state index contributed by atoms with van der Waals surface area (Å²) in [5, 5.41) is 0.343. The first kappa shape index (κ1) is 45.7. The first-order valence-corrected chi connectivity index (χ1v) is 17.5. The highest BCUT2D eigenvalue weighted by Gasteiger charge is 2.35. The van der Waals surface area contributed by atoms with E-state index < -0.39 is 64.1 Å². The van der Waals surface area contributed by atoms with Crippen LogP contribution in [0.5, 0.6) is 23.0 Å². The van der Waals surface area contributed by atoms with Crippen molar-refractivity contribution in [1.29, 1.82) is 0 Å². The zero-order valence-corrected chi connectivity index (χ0v) is 32.5. The quantitative estimate of drug-likeness (QED) is 0.0943. The zero-order valence-electron chi connectivity index (χ0n) is 30.9. The lowest BCUT2D eigenvalue weighted by Gasteiger charge is -2.15. The van der Waals surface area contributed by atoms with E-state index in [0.717, 1.165) is 24.1 Å². The average molecular weight is 872 g/mol. The van der Waals surface area contributed by atoms with Gasteiger partial charge in [0.1, 0.15) is 0 Å². The van der Waals surface area contributed by atoms with E-state index >= 15 is 0 Å². The number of nitrogens with zero attached hydrogens (tertiary/aromatic N) is 1. The van der Waals surface area contributed by atoms with E-state index in [1.165, 1.54) is 69.9 Å². The molecule has 1 heterocycles. The SMILES string of the molecule is COc1c(F)ccc(C)c1F.COc1c(F)ccc(CBr)c1F.COc1c(F)ccc(CN)c1F.COc1c(F)ccc(CN2C(=O)c3ccccc3C2=O)c1F. The zero-order chi connectivity index (χ0) is 42.6. The van der Waals surface area contributed by atoms with Gasteiger partial charge in [-0.25, -0.2) is 35.1 Å². The molecular weight excluding hydrogens is 836 g/mol. The third-order valence-electron chi connectivity index (χ3n) is 8.02. The summed E-state index contributed by atoms with van der Waals surface area (Å²) in [5.74, 6) is -8.37. The third kappa shape index (κ3) is 10.6. The van der Waals surface area contributed by atoms with Crippen LogP contribution in [0, 0.1) is 53.5 Å². The molecule has 57 heavy (non-hydrogen) atoms. The highest BCUT2D eigenvalue weighted by atomic mass is 79.9. The fourth-order valence-electron chi connectivity index (χ4n) is 5.04. The van der Waals surface area contributed by atoms with E-state index in [9.17, 15) is 44.7 Å². The molecule has 2 amide bonds. The summed E-state index contributed by atoms with van der Waals surface area (Å²) in [4.78, 5) is 25.4. The number of carbonyl (C=O) groups is 2. The lowest BCUT2D eigenvalue weighted by Crippen LogP contribution is -2.29. The molecule has 0 fully saturated rings. The summed E-state index contributed by atoms with van der Waals surface area (Å²) in [5.41, 5.74) is 6.78. The minimum atomic E-state index is -0.918. The van der Waals surface area contributed by atoms with Gasteiger partial charge in [-0.3, -0.25) is 14.5 Å². The Morgan fingerprint density at radius 1 is 0.526 bits per heavy atom. The highest BCUT2D eigenvalue weighted by molar-refractivity contribution is 9.08. The number of hydrogen-bond acceptors (Lipinski definition) is 7. The van der Waals surface area contributed by atoms with Crippen LogP contribution < -0.4 is 24.7 Å². The number of alkyl halides is 1. The standard InChI is InChI=1S/C16H11F2NO3.C8H7BrF2O.C8H9F2NO.C8H8F2O/c1-22-14-12(17)7-6-9(13(14)18)8-19-15(20)10-4-2-3-5-11(10)16(19)21;1-12-8-6(10)3-2-5(4-9)7(8)11;1-12-8-6(9)3-2-5(4-11)7(8)10;1-5-3-4-6(9)8(11-2)7(5)10/h2-7H,8H2,1H3;2-3H,4H2,1H3;2-3H,4,11H2,1H3;3-4H,1-2H3. The number of hydrogen-bond donors (Lipinski definition) is 1. The van der Waals surface area contributed by atoms with Crippen LogP contribution in [0.3, 0.4) is 0 Å². The number of aryl methyl sites for hydroxylation is 1. The Balaban J connectivity index is 0.000000215. The number of nitrogens with two attached hydrogens (primary N) is 1. The van der Waals surface area contributed by atoms with Gasteiger partial charge in [-0.2, -0.15) is 0 Å². The third-order valence-corrected chi connectivity index (χ3v) is 8.62. The van der Waals surface area contributed by atoms with Gasteiger partial charge in [-0.1, -0.05) is 52.3 Å². The predicted octanol–water partition coefficient (Wildman–Crippen LogP) is 9.35. The fraction of sp³-hybridized carbons (Fsp3) is 0.200. The molecule has 0 saturated carbocycles. The van der Waals surface area contributed by atoms with Crippen molar-refractivity contribution in [2.45, 2.75) is 25.3 Å². The van der Waals surface area contributed by atoms with E-state index in [2.05, 4.69) is 34.9 Å². The molecule has 6 rings (SSSR count). The Bertz CT molecular complexity index is 2130. The number of methoxy groups -OCH3 is 4. The molecule has 0 aromatic heterocycles. The lowest BCUT2D eigenvalue weighted by molar-refractivity contribution is 0.0640. The number of fused-ring (bicyclic) bond motifs is 1. The van der Waals surface area contributed by atoms with Gasteiger partial charge in [0.15, 0.2) is 69.5 Å². The minimum Gasteiger partial charge on any atom is -0.491 e. The lowest BCUT2D eigenvalue weighted by atomic mass is 10.1. The molecule has 0 spiro atoms. The Morgan fingerprint density at radius 3 is 1.26 bits per heavy atom. The molecule has 1 aliphatic rings. The van der Waals surface area contributed by atoms with Gasteiger partial charge in [-0.15, -0.1) is 0 Å². The van der Waals surface area contributed by atoms with Crippen LogP contribution in [0.2, 0.25) is 0 Å².